The zero-order valence-electron chi connectivity index (χ0n) is 20.0. The molecule has 0 aliphatic carbocycles. The van der Waals surface area contributed by atoms with Crippen molar-refractivity contribution in [3.05, 3.63) is 72.1 Å². The molecule has 1 N–H and O–H groups in total. The molecule has 0 atom stereocenters. The van der Waals surface area contributed by atoms with Crippen LogP contribution in [0.2, 0.25) is 0 Å². The molecule has 0 fully saturated rings. The fraction of sp³-hybridized carbons (Fsp3) is 0.296. The van der Waals surface area contributed by atoms with E-state index in [4.69, 9.17) is 9.47 Å². The number of urea groups is 1. The highest BCUT2D eigenvalue weighted by Gasteiger charge is 2.33. The number of anilines is 1. The number of imide groups is 1. The topological polar surface area (TPSA) is 91.9 Å². The van der Waals surface area contributed by atoms with E-state index in [1.807, 2.05) is 31.2 Å². The summed E-state index contributed by atoms with van der Waals surface area (Å²) in [6.07, 6.45) is 2.75. The molecule has 4 rings (SSSR count). The Morgan fingerprint density at radius 3 is 2.49 bits per heavy atom. The number of amides is 3. The van der Waals surface area contributed by atoms with E-state index >= 15 is 0 Å². The van der Waals surface area contributed by atoms with Crippen molar-refractivity contribution in [1.82, 2.24) is 9.88 Å². The van der Waals surface area contributed by atoms with Crippen LogP contribution < -0.4 is 4.90 Å². The Labute approximate surface area is 204 Å². The second-order valence-electron chi connectivity index (χ2n) is 8.15. The molecule has 35 heavy (non-hydrogen) atoms. The van der Waals surface area contributed by atoms with E-state index in [2.05, 4.69) is 4.98 Å². The number of fused-ring (bicyclic) bond motifs is 3. The summed E-state index contributed by atoms with van der Waals surface area (Å²) in [5.41, 5.74) is 3.07. The Morgan fingerprint density at radius 1 is 1.00 bits per heavy atom. The van der Waals surface area contributed by atoms with E-state index < -0.39 is 18.1 Å². The zero-order valence-corrected chi connectivity index (χ0v) is 20.0. The number of esters is 1. The highest BCUT2D eigenvalue weighted by atomic mass is 16.6. The van der Waals surface area contributed by atoms with Crippen molar-refractivity contribution in [1.29, 1.82) is 0 Å². The molecule has 3 amide bonds. The Balaban J connectivity index is 1.73. The minimum Gasteiger partial charge on any atom is -0.462 e. The molecule has 8 nitrogen and oxygen atoms in total. The number of nitrogens with one attached hydrogen (secondary N) is 1. The van der Waals surface area contributed by atoms with Crippen molar-refractivity contribution in [2.24, 2.45) is 0 Å². The lowest BCUT2D eigenvalue weighted by atomic mass is 10.0. The molecule has 1 aliphatic heterocycles. The Bertz CT molecular complexity index is 1250. The predicted molar refractivity (Wildman–Crippen MR) is 134 cm³/mol. The average molecular weight is 476 g/mol. The van der Waals surface area contributed by atoms with Crippen molar-refractivity contribution >= 4 is 40.3 Å². The molecule has 2 aromatic carbocycles. The lowest BCUT2D eigenvalue weighted by Crippen LogP contribution is -2.45. The monoisotopic (exact) mass is 475 g/mol. The van der Waals surface area contributed by atoms with Gasteiger partial charge >= 0.3 is 18.1 Å². The first-order valence-corrected chi connectivity index (χ1v) is 11.9. The van der Waals surface area contributed by atoms with Gasteiger partial charge in [0.25, 0.3) is 0 Å². The van der Waals surface area contributed by atoms with E-state index in [0.29, 0.717) is 24.2 Å². The van der Waals surface area contributed by atoms with Crippen LogP contribution in [0, 0.1) is 0 Å². The number of carbonyl (C=O) groups is 3. The quantitative estimate of drug-likeness (QED) is 0.376. The number of hydrogen-bond donors (Lipinski definition) is 1. The van der Waals surface area contributed by atoms with Crippen molar-refractivity contribution in [2.45, 2.75) is 33.1 Å². The molecule has 0 radical (unpaired) electrons. The molecule has 0 spiro atoms. The number of unbranched alkanes of at least 4 members (excludes halogenated alkanes) is 1. The number of nitrogens with zero attached hydrogens (tertiary/aromatic N) is 2. The predicted octanol–water partition coefficient (Wildman–Crippen LogP) is 5.49. The van der Waals surface area contributed by atoms with Gasteiger partial charge in [-0.2, -0.15) is 4.90 Å². The summed E-state index contributed by atoms with van der Waals surface area (Å²) in [6, 6.07) is 15.8. The minimum atomic E-state index is -0.756. The average Bonchev–Trinajstić information content (AvgIpc) is 3.12. The molecule has 3 aromatic rings. The molecule has 1 aromatic heterocycles. The summed E-state index contributed by atoms with van der Waals surface area (Å²) in [7, 11) is 0. The maximum atomic E-state index is 13.7. The molecule has 0 unspecified atom stereocenters. The van der Waals surface area contributed by atoms with E-state index in [-0.39, 0.29) is 25.3 Å². The second-order valence-corrected chi connectivity index (χ2v) is 8.15. The van der Waals surface area contributed by atoms with Crippen LogP contribution in [0.5, 0.6) is 0 Å². The molecule has 8 heteroatoms. The number of aromatic nitrogens is 1. The fourth-order valence-electron chi connectivity index (χ4n) is 4.09. The zero-order chi connectivity index (χ0) is 24.8. The molecule has 1 aliphatic rings. The Hall–Kier alpha value is -4.07. The third-order valence-electron chi connectivity index (χ3n) is 5.82. The van der Waals surface area contributed by atoms with Gasteiger partial charge in [0.15, 0.2) is 0 Å². The standard InChI is InChI=1S/C27H29N3O5/c1-3-5-17-35-27(33)30(19-11-7-6-8-12-19)26(32)29-16-15-21-20-13-9-10-14-23(20)28-24(21)22(18-29)25(31)34-4-2/h6-14,18,28H,3-5,15-17H2,1-2H3. The van der Waals surface area contributed by atoms with Gasteiger partial charge in [-0.05, 0) is 43.5 Å². The van der Waals surface area contributed by atoms with Crippen LogP contribution in [-0.2, 0) is 20.7 Å². The third-order valence-corrected chi connectivity index (χ3v) is 5.82. The summed E-state index contributed by atoms with van der Waals surface area (Å²) in [5.74, 6) is -0.545. The summed E-state index contributed by atoms with van der Waals surface area (Å²) in [5, 5.41) is 0.978. The molecule has 0 bridgehead atoms. The van der Waals surface area contributed by atoms with Crippen LogP contribution in [0.3, 0.4) is 0 Å². The highest BCUT2D eigenvalue weighted by molar-refractivity contribution is 6.19. The van der Waals surface area contributed by atoms with Gasteiger partial charge in [-0.25, -0.2) is 14.4 Å². The second kappa shape index (κ2) is 10.9. The van der Waals surface area contributed by atoms with Crippen LogP contribution in [0.1, 0.15) is 37.9 Å². The maximum Gasteiger partial charge on any atom is 0.422 e. The summed E-state index contributed by atoms with van der Waals surface area (Å²) >= 11 is 0. The van der Waals surface area contributed by atoms with E-state index in [0.717, 1.165) is 27.8 Å². The lowest BCUT2D eigenvalue weighted by molar-refractivity contribution is -0.136. The van der Waals surface area contributed by atoms with Crippen LogP contribution >= 0.6 is 0 Å². The van der Waals surface area contributed by atoms with E-state index in [1.54, 1.807) is 37.3 Å². The SMILES string of the molecule is CCCCOC(=O)N(C(=O)N1C=C(C(=O)OCC)c2[nH]c3ccccc3c2CC1)c1ccccc1. The highest BCUT2D eigenvalue weighted by Crippen LogP contribution is 2.32. The minimum absolute atomic E-state index is 0.194. The molecule has 182 valence electrons. The number of rotatable bonds is 6. The van der Waals surface area contributed by atoms with Gasteiger partial charge in [0.2, 0.25) is 0 Å². The van der Waals surface area contributed by atoms with Crippen LogP contribution in [0.15, 0.2) is 60.8 Å². The van der Waals surface area contributed by atoms with Crippen LogP contribution in [0.4, 0.5) is 15.3 Å². The van der Waals surface area contributed by atoms with E-state index in [9.17, 15) is 14.4 Å². The summed E-state index contributed by atoms with van der Waals surface area (Å²) in [4.78, 5) is 45.4. The van der Waals surface area contributed by atoms with Gasteiger partial charge < -0.3 is 14.5 Å². The first-order chi connectivity index (χ1) is 17.0. The molecule has 0 saturated carbocycles. The van der Waals surface area contributed by atoms with Crippen LogP contribution in [-0.4, -0.2) is 47.7 Å². The van der Waals surface area contributed by atoms with E-state index in [1.165, 1.54) is 11.1 Å². The molecular weight excluding hydrogens is 446 g/mol. The summed E-state index contributed by atoms with van der Waals surface area (Å²) in [6.45, 7) is 4.40. The first-order valence-electron chi connectivity index (χ1n) is 11.9. The van der Waals surface area contributed by atoms with Gasteiger partial charge in [0, 0.05) is 23.6 Å². The number of aromatic amines is 1. The molecule has 2 heterocycles. The number of benzene rings is 2. The number of hydrogen-bond acceptors (Lipinski definition) is 5. The molecular formula is C27H29N3O5. The van der Waals surface area contributed by atoms with Crippen molar-refractivity contribution in [3.63, 3.8) is 0 Å². The smallest absolute Gasteiger partial charge is 0.422 e. The van der Waals surface area contributed by atoms with Gasteiger partial charge in [-0.3, -0.25) is 4.90 Å². The lowest BCUT2D eigenvalue weighted by Gasteiger charge is -2.26. The normalized spacial score (nSPS) is 13.0. The number of ether oxygens (including phenoxy) is 2. The van der Waals surface area contributed by atoms with Crippen molar-refractivity contribution in [3.8, 4) is 0 Å². The maximum absolute atomic E-state index is 13.7. The Kier molecular flexibility index (Phi) is 7.50. The largest absolute Gasteiger partial charge is 0.462 e. The van der Waals surface area contributed by atoms with Gasteiger partial charge in [0.05, 0.1) is 30.2 Å². The van der Waals surface area contributed by atoms with Gasteiger partial charge in [-0.15, -0.1) is 0 Å². The molecule has 0 saturated heterocycles. The summed E-state index contributed by atoms with van der Waals surface area (Å²) < 4.78 is 10.7. The van der Waals surface area contributed by atoms with Crippen LogP contribution in [0.25, 0.3) is 16.5 Å². The third kappa shape index (κ3) is 5.06. The number of para-hydroxylation sites is 2. The van der Waals surface area contributed by atoms with Gasteiger partial charge in [-0.1, -0.05) is 49.7 Å². The fourth-order valence-corrected chi connectivity index (χ4v) is 4.09. The number of H-pyrrole nitrogens is 1. The first kappa shape index (κ1) is 24.1. The van der Waals surface area contributed by atoms with Gasteiger partial charge in [0.1, 0.15) is 0 Å². The Morgan fingerprint density at radius 2 is 1.74 bits per heavy atom. The number of carbonyl (C=O) groups excluding carboxylic acids is 3. The van der Waals surface area contributed by atoms with Crippen molar-refractivity contribution < 1.29 is 23.9 Å². The van der Waals surface area contributed by atoms with Crippen molar-refractivity contribution in [2.75, 3.05) is 24.7 Å².